The molecule has 134 valence electrons. The maximum atomic E-state index is 5.29. The molecule has 5 rings (SSSR count). The van der Waals surface area contributed by atoms with Crippen LogP contribution >= 0.6 is 11.5 Å². The Balaban J connectivity index is 1.57. The van der Waals surface area contributed by atoms with Gasteiger partial charge in [-0.3, -0.25) is 0 Å². The summed E-state index contributed by atoms with van der Waals surface area (Å²) in [6, 6.07) is 11.9. The van der Waals surface area contributed by atoms with Gasteiger partial charge < -0.3 is 19.4 Å². The van der Waals surface area contributed by atoms with Gasteiger partial charge >= 0.3 is 0 Å². The summed E-state index contributed by atoms with van der Waals surface area (Å²) < 4.78 is 15.2. The fraction of sp³-hybridized carbons (Fsp3) is 0.100. The summed E-state index contributed by atoms with van der Waals surface area (Å²) in [5.74, 6) is 2.36. The Kier molecular flexibility index (Phi) is 3.61. The first-order valence-electron chi connectivity index (χ1n) is 8.41. The highest BCUT2D eigenvalue weighted by atomic mass is 32.1. The average Bonchev–Trinajstić information content (AvgIpc) is 3.43. The summed E-state index contributed by atoms with van der Waals surface area (Å²) in [6.07, 6.45) is 3.91. The highest BCUT2D eigenvalue weighted by Crippen LogP contribution is 2.35. The topological polar surface area (TPSA) is 75.8 Å². The van der Waals surface area contributed by atoms with Crippen LogP contribution in [-0.4, -0.2) is 33.5 Å². The quantitative estimate of drug-likeness (QED) is 0.470. The molecule has 0 bridgehead atoms. The van der Waals surface area contributed by atoms with Crippen molar-refractivity contribution in [3.63, 3.8) is 0 Å². The second kappa shape index (κ2) is 6.14. The van der Waals surface area contributed by atoms with E-state index in [9.17, 15) is 0 Å². The Morgan fingerprint density at radius 1 is 0.815 bits per heavy atom. The largest absolute Gasteiger partial charge is 0.497 e. The summed E-state index contributed by atoms with van der Waals surface area (Å²) in [5, 5.41) is 3.05. The lowest BCUT2D eigenvalue weighted by Gasteiger charge is -1.99. The van der Waals surface area contributed by atoms with Crippen LogP contribution in [0.1, 0.15) is 0 Å². The number of hydrogen-bond acceptors (Lipinski definition) is 5. The number of fused-ring (bicyclic) bond motifs is 2. The molecule has 6 nitrogen and oxygen atoms in total. The molecule has 0 aliphatic heterocycles. The molecule has 0 fully saturated rings. The third-order valence-electron chi connectivity index (χ3n) is 4.68. The summed E-state index contributed by atoms with van der Waals surface area (Å²) >= 11 is 1.40. The third kappa shape index (κ3) is 2.55. The van der Waals surface area contributed by atoms with E-state index in [1.165, 1.54) is 11.5 Å². The minimum atomic E-state index is 0.717. The Bertz CT molecular complexity index is 1170. The number of aromatic amines is 2. The van der Waals surface area contributed by atoms with Crippen molar-refractivity contribution in [3.8, 4) is 33.5 Å². The molecule has 2 aromatic carbocycles. The van der Waals surface area contributed by atoms with E-state index in [4.69, 9.17) is 14.5 Å². The maximum Gasteiger partial charge on any atom is 0.175 e. The fourth-order valence-corrected chi connectivity index (χ4v) is 3.98. The number of ether oxygens (including phenoxy) is 2. The summed E-state index contributed by atoms with van der Waals surface area (Å²) in [7, 11) is 3.33. The van der Waals surface area contributed by atoms with Gasteiger partial charge in [0.1, 0.15) is 16.5 Å². The van der Waals surface area contributed by atoms with E-state index in [0.29, 0.717) is 5.82 Å². The fourth-order valence-electron chi connectivity index (χ4n) is 3.27. The molecule has 0 saturated heterocycles. The molecule has 3 aromatic heterocycles. The van der Waals surface area contributed by atoms with Gasteiger partial charge in [0.2, 0.25) is 0 Å². The van der Waals surface area contributed by atoms with E-state index in [2.05, 4.69) is 14.3 Å². The molecule has 0 aliphatic carbocycles. The van der Waals surface area contributed by atoms with E-state index in [1.807, 2.05) is 48.8 Å². The molecule has 27 heavy (non-hydrogen) atoms. The number of nitrogens with one attached hydrogen (secondary N) is 2. The second-order valence-electron chi connectivity index (χ2n) is 6.15. The number of methoxy groups -OCH3 is 2. The normalized spacial score (nSPS) is 11.3. The predicted octanol–water partition coefficient (Wildman–Crippen LogP) is 4.85. The molecule has 0 aliphatic rings. The van der Waals surface area contributed by atoms with Gasteiger partial charge in [-0.15, -0.1) is 0 Å². The van der Waals surface area contributed by atoms with Gasteiger partial charge in [-0.25, -0.2) is 4.98 Å². The smallest absolute Gasteiger partial charge is 0.175 e. The van der Waals surface area contributed by atoms with Gasteiger partial charge in [0.05, 0.1) is 14.2 Å². The van der Waals surface area contributed by atoms with E-state index in [0.717, 1.165) is 49.4 Å². The third-order valence-corrected chi connectivity index (χ3v) is 5.42. The molecule has 0 radical (unpaired) electrons. The number of benzene rings is 2. The molecule has 0 saturated carbocycles. The van der Waals surface area contributed by atoms with Crippen molar-refractivity contribution in [2.45, 2.75) is 0 Å². The minimum Gasteiger partial charge on any atom is -0.497 e. The van der Waals surface area contributed by atoms with Gasteiger partial charge in [0, 0.05) is 57.5 Å². The summed E-state index contributed by atoms with van der Waals surface area (Å²) in [4.78, 5) is 11.3. The van der Waals surface area contributed by atoms with Crippen LogP contribution in [0.5, 0.6) is 11.5 Å². The lowest BCUT2D eigenvalue weighted by molar-refractivity contribution is 0.415. The second-order valence-corrected chi connectivity index (χ2v) is 6.90. The van der Waals surface area contributed by atoms with Gasteiger partial charge in [0.15, 0.2) is 5.82 Å². The number of nitrogens with zero attached hydrogens (tertiary/aromatic N) is 2. The predicted molar refractivity (Wildman–Crippen MR) is 108 cm³/mol. The van der Waals surface area contributed by atoms with Gasteiger partial charge in [0.25, 0.3) is 0 Å². The molecule has 0 atom stereocenters. The highest BCUT2D eigenvalue weighted by Gasteiger charge is 2.15. The van der Waals surface area contributed by atoms with Crippen molar-refractivity contribution >= 4 is 33.3 Å². The SMILES string of the molecule is COc1ccc2c(-c3nsc(-c4c[nH]c5cc(OC)ccc45)n3)c[nH]c2c1. The lowest BCUT2D eigenvalue weighted by atomic mass is 10.1. The Labute approximate surface area is 159 Å². The van der Waals surface area contributed by atoms with Crippen LogP contribution in [0.4, 0.5) is 0 Å². The van der Waals surface area contributed by atoms with Crippen LogP contribution in [0.15, 0.2) is 48.8 Å². The number of hydrogen-bond donors (Lipinski definition) is 2. The van der Waals surface area contributed by atoms with E-state index in [1.54, 1.807) is 14.2 Å². The minimum absolute atomic E-state index is 0.717. The average molecular weight is 376 g/mol. The number of aromatic nitrogens is 4. The Morgan fingerprint density at radius 2 is 1.41 bits per heavy atom. The first kappa shape index (κ1) is 15.9. The van der Waals surface area contributed by atoms with E-state index < -0.39 is 0 Å². The maximum absolute atomic E-state index is 5.29. The zero-order valence-corrected chi connectivity index (χ0v) is 15.6. The van der Waals surface area contributed by atoms with Crippen molar-refractivity contribution in [1.82, 2.24) is 19.3 Å². The summed E-state index contributed by atoms with van der Waals surface area (Å²) in [6.45, 7) is 0. The van der Waals surface area contributed by atoms with Gasteiger partial charge in [-0.1, -0.05) is 0 Å². The molecule has 7 heteroatoms. The van der Waals surface area contributed by atoms with Crippen LogP contribution in [0.2, 0.25) is 0 Å². The van der Waals surface area contributed by atoms with Crippen LogP contribution in [-0.2, 0) is 0 Å². The number of H-pyrrole nitrogens is 2. The molecule has 5 aromatic rings. The van der Waals surface area contributed by atoms with Crippen LogP contribution < -0.4 is 9.47 Å². The first-order valence-corrected chi connectivity index (χ1v) is 9.19. The molecule has 2 N–H and O–H groups in total. The summed E-state index contributed by atoms with van der Waals surface area (Å²) in [5.41, 5.74) is 4.04. The molecule has 3 heterocycles. The molecule has 0 unspecified atom stereocenters. The zero-order chi connectivity index (χ0) is 18.4. The van der Waals surface area contributed by atoms with Crippen molar-refractivity contribution in [2.75, 3.05) is 14.2 Å². The van der Waals surface area contributed by atoms with Crippen molar-refractivity contribution < 1.29 is 9.47 Å². The number of rotatable bonds is 4. The monoisotopic (exact) mass is 376 g/mol. The first-order chi connectivity index (χ1) is 13.3. The van der Waals surface area contributed by atoms with Crippen LogP contribution in [0.3, 0.4) is 0 Å². The Hall–Kier alpha value is -3.32. The van der Waals surface area contributed by atoms with Crippen LogP contribution in [0, 0.1) is 0 Å². The molecule has 0 spiro atoms. The lowest BCUT2D eigenvalue weighted by Crippen LogP contribution is -1.82. The van der Waals surface area contributed by atoms with Gasteiger partial charge in [-0.05, 0) is 35.8 Å². The van der Waals surface area contributed by atoms with Crippen LogP contribution in [0.25, 0.3) is 43.8 Å². The molecular weight excluding hydrogens is 360 g/mol. The Morgan fingerprint density at radius 3 is 2.04 bits per heavy atom. The van der Waals surface area contributed by atoms with Gasteiger partial charge in [-0.2, -0.15) is 4.37 Å². The molecular formula is C20H16N4O2S. The standard InChI is InChI=1S/C20H16N4O2S/c1-25-11-3-5-13-15(9-21-17(13)7-11)19-23-20(27-24-19)16-10-22-18-8-12(26-2)4-6-14(16)18/h3-10,21-22H,1-2H3. The van der Waals surface area contributed by atoms with E-state index >= 15 is 0 Å². The highest BCUT2D eigenvalue weighted by molar-refractivity contribution is 7.09. The van der Waals surface area contributed by atoms with E-state index in [-0.39, 0.29) is 0 Å². The van der Waals surface area contributed by atoms with Crippen molar-refractivity contribution in [3.05, 3.63) is 48.8 Å². The molecule has 0 amide bonds. The van der Waals surface area contributed by atoms with Crippen molar-refractivity contribution in [2.24, 2.45) is 0 Å². The van der Waals surface area contributed by atoms with Crippen molar-refractivity contribution in [1.29, 1.82) is 0 Å². The zero-order valence-electron chi connectivity index (χ0n) is 14.7.